The minimum absolute atomic E-state index is 0.110. The summed E-state index contributed by atoms with van der Waals surface area (Å²) in [5.74, 6) is -0.505. The van der Waals surface area contributed by atoms with E-state index in [9.17, 15) is 9.50 Å². The van der Waals surface area contributed by atoms with E-state index in [1.165, 1.54) is 12.1 Å². The third-order valence-corrected chi connectivity index (χ3v) is 3.50. The molecule has 0 aliphatic carbocycles. The first-order chi connectivity index (χ1) is 9.16. The van der Waals surface area contributed by atoms with Gasteiger partial charge in [-0.05, 0) is 41.3 Å². The molecule has 2 aromatic carbocycles. The summed E-state index contributed by atoms with van der Waals surface area (Å²) in [6, 6.07) is 11.7. The number of hydrogen-bond donors (Lipinski definition) is 2. The molecular weight excluding hydrogens is 265 g/mol. The fraction of sp³-hybridized carbons (Fsp3) is 0.0667. The predicted molar refractivity (Wildman–Crippen MR) is 73.8 cm³/mol. The molecule has 1 unspecified atom stereocenters. The van der Waals surface area contributed by atoms with Crippen molar-refractivity contribution in [2.75, 3.05) is 0 Å². The van der Waals surface area contributed by atoms with Crippen molar-refractivity contribution in [1.82, 2.24) is 4.98 Å². The molecule has 1 aromatic heterocycles. The summed E-state index contributed by atoms with van der Waals surface area (Å²) in [4.78, 5) is 3.07. The van der Waals surface area contributed by atoms with Crippen LogP contribution in [-0.4, -0.2) is 10.1 Å². The number of fused-ring (bicyclic) bond motifs is 1. The number of nitrogens with one attached hydrogen (secondary N) is 1. The maximum atomic E-state index is 13.8. The van der Waals surface area contributed by atoms with Crippen LogP contribution in [0.15, 0.2) is 48.7 Å². The second-order valence-corrected chi connectivity index (χ2v) is 4.77. The van der Waals surface area contributed by atoms with Crippen molar-refractivity contribution in [3.05, 3.63) is 70.6 Å². The molecule has 0 saturated carbocycles. The standard InChI is InChI=1S/C15H11ClFNO/c16-11-2-1-3-12(17)14(11)15(19)10-4-5-13-9(8-10)6-7-18-13/h1-8,15,18-19H. The minimum atomic E-state index is -1.08. The van der Waals surface area contributed by atoms with Gasteiger partial charge in [-0.3, -0.25) is 0 Å². The topological polar surface area (TPSA) is 36.0 Å². The average Bonchev–Trinajstić information content (AvgIpc) is 2.85. The van der Waals surface area contributed by atoms with Crippen LogP contribution in [0.3, 0.4) is 0 Å². The van der Waals surface area contributed by atoms with Crippen LogP contribution in [0.2, 0.25) is 5.02 Å². The van der Waals surface area contributed by atoms with Gasteiger partial charge in [0.2, 0.25) is 0 Å². The number of benzene rings is 2. The van der Waals surface area contributed by atoms with Crippen LogP contribution in [-0.2, 0) is 0 Å². The van der Waals surface area contributed by atoms with E-state index in [-0.39, 0.29) is 10.6 Å². The van der Waals surface area contributed by atoms with E-state index in [1.807, 2.05) is 24.4 Å². The average molecular weight is 276 g/mol. The van der Waals surface area contributed by atoms with Gasteiger partial charge in [-0.1, -0.05) is 23.7 Å². The molecule has 0 fully saturated rings. The molecule has 1 atom stereocenters. The first kappa shape index (κ1) is 12.2. The normalized spacial score (nSPS) is 12.8. The molecule has 19 heavy (non-hydrogen) atoms. The van der Waals surface area contributed by atoms with Gasteiger partial charge < -0.3 is 10.1 Å². The van der Waals surface area contributed by atoms with Crippen LogP contribution in [0.4, 0.5) is 4.39 Å². The first-order valence-electron chi connectivity index (χ1n) is 5.86. The zero-order chi connectivity index (χ0) is 13.4. The Morgan fingerprint density at radius 3 is 2.79 bits per heavy atom. The monoisotopic (exact) mass is 275 g/mol. The molecular formula is C15H11ClFNO. The highest BCUT2D eigenvalue weighted by Gasteiger charge is 2.18. The lowest BCUT2D eigenvalue weighted by atomic mass is 10.00. The summed E-state index contributed by atoms with van der Waals surface area (Å²) < 4.78 is 13.8. The number of aromatic nitrogens is 1. The fourth-order valence-electron chi connectivity index (χ4n) is 2.18. The van der Waals surface area contributed by atoms with Crippen LogP contribution in [0.1, 0.15) is 17.2 Å². The number of hydrogen-bond acceptors (Lipinski definition) is 1. The lowest BCUT2D eigenvalue weighted by molar-refractivity contribution is 0.215. The van der Waals surface area contributed by atoms with Gasteiger partial charge in [0.1, 0.15) is 11.9 Å². The van der Waals surface area contributed by atoms with Crippen molar-refractivity contribution in [3.8, 4) is 0 Å². The number of aromatic amines is 1. The van der Waals surface area contributed by atoms with Crippen LogP contribution in [0.5, 0.6) is 0 Å². The second-order valence-electron chi connectivity index (χ2n) is 4.36. The molecule has 2 N–H and O–H groups in total. The highest BCUT2D eigenvalue weighted by atomic mass is 35.5. The molecule has 3 rings (SSSR count). The molecule has 1 heterocycles. The van der Waals surface area contributed by atoms with Crippen LogP contribution < -0.4 is 0 Å². The summed E-state index contributed by atoms with van der Waals surface area (Å²) in [5.41, 5.74) is 1.69. The second kappa shape index (κ2) is 4.68. The van der Waals surface area contributed by atoms with Crippen molar-refractivity contribution < 1.29 is 9.50 Å². The lowest BCUT2D eigenvalue weighted by Gasteiger charge is -2.14. The van der Waals surface area contributed by atoms with Crippen LogP contribution in [0.25, 0.3) is 10.9 Å². The number of rotatable bonds is 2. The first-order valence-corrected chi connectivity index (χ1v) is 6.23. The molecule has 0 spiro atoms. The Morgan fingerprint density at radius 1 is 1.16 bits per heavy atom. The molecule has 0 bridgehead atoms. The number of aliphatic hydroxyl groups is 1. The van der Waals surface area contributed by atoms with E-state index in [1.54, 1.807) is 12.1 Å². The Balaban J connectivity index is 2.10. The van der Waals surface area contributed by atoms with Gasteiger partial charge in [0.15, 0.2) is 0 Å². The number of aliphatic hydroxyl groups excluding tert-OH is 1. The van der Waals surface area contributed by atoms with Crippen LogP contribution >= 0.6 is 11.6 Å². The van der Waals surface area contributed by atoms with Gasteiger partial charge in [-0.25, -0.2) is 4.39 Å². The largest absolute Gasteiger partial charge is 0.383 e. The molecule has 0 saturated heterocycles. The Morgan fingerprint density at radius 2 is 2.00 bits per heavy atom. The molecule has 4 heteroatoms. The Hall–Kier alpha value is -1.84. The lowest BCUT2D eigenvalue weighted by Crippen LogP contribution is -2.03. The van der Waals surface area contributed by atoms with E-state index >= 15 is 0 Å². The highest BCUT2D eigenvalue weighted by Crippen LogP contribution is 2.31. The minimum Gasteiger partial charge on any atom is -0.383 e. The van der Waals surface area contributed by atoms with Gasteiger partial charge in [-0.15, -0.1) is 0 Å². The van der Waals surface area contributed by atoms with Crippen LogP contribution in [0, 0.1) is 5.82 Å². The maximum Gasteiger partial charge on any atom is 0.130 e. The molecule has 0 radical (unpaired) electrons. The molecule has 3 aromatic rings. The summed E-state index contributed by atoms with van der Waals surface area (Å²) in [7, 11) is 0. The summed E-state index contributed by atoms with van der Waals surface area (Å²) >= 11 is 5.97. The van der Waals surface area contributed by atoms with Gasteiger partial charge in [0, 0.05) is 22.3 Å². The molecule has 0 aliphatic heterocycles. The quantitative estimate of drug-likeness (QED) is 0.727. The summed E-state index contributed by atoms with van der Waals surface area (Å²) in [6.07, 6.45) is 0.740. The van der Waals surface area contributed by atoms with Gasteiger partial charge in [0.05, 0.1) is 0 Å². The van der Waals surface area contributed by atoms with E-state index in [4.69, 9.17) is 11.6 Å². The molecule has 96 valence electrons. The van der Waals surface area contributed by atoms with Crippen molar-refractivity contribution in [2.24, 2.45) is 0 Å². The molecule has 0 amide bonds. The van der Waals surface area contributed by atoms with Crippen molar-refractivity contribution in [2.45, 2.75) is 6.10 Å². The SMILES string of the molecule is OC(c1ccc2[nH]ccc2c1)c1c(F)cccc1Cl. The van der Waals surface area contributed by atoms with Gasteiger partial charge >= 0.3 is 0 Å². The van der Waals surface area contributed by atoms with Crippen molar-refractivity contribution >= 4 is 22.5 Å². The zero-order valence-corrected chi connectivity index (χ0v) is 10.7. The Labute approximate surface area is 114 Å². The Bertz CT molecular complexity index is 718. The van der Waals surface area contributed by atoms with Gasteiger partial charge in [0.25, 0.3) is 0 Å². The Kier molecular flexibility index (Phi) is 3.01. The van der Waals surface area contributed by atoms with E-state index < -0.39 is 11.9 Å². The third-order valence-electron chi connectivity index (χ3n) is 3.17. The third kappa shape index (κ3) is 2.11. The molecule has 2 nitrogen and oxygen atoms in total. The van der Waals surface area contributed by atoms with Gasteiger partial charge in [-0.2, -0.15) is 0 Å². The van der Waals surface area contributed by atoms with E-state index in [2.05, 4.69) is 4.98 Å². The predicted octanol–water partition coefficient (Wildman–Crippen LogP) is 4.04. The van der Waals surface area contributed by atoms with E-state index in [0.717, 1.165) is 10.9 Å². The fourth-order valence-corrected chi connectivity index (χ4v) is 2.45. The van der Waals surface area contributed by atoms with E-state index in [0.29, 0.717) is 5.56 Å². The maximum absolute atomic E-state index is 13.8. The van der Waals surface area contributed by atoms with Crippen molar-refractivity contribution in [1.29, 1.82) is 0 Å². The number of halogens is 2. The smallest absolute Gasteiger partial charge is 0.130 e. The van der Waals surface area contributed by atoms with Crippen molar-refractivity contribution in [3.63, 3.8) is 0 Å². The summed E-state index contributed by atoms with van der Waals surface area (Å²) in [6.45, 7) is 0. The molecule has 0 aliphatic rings. The zero-order valence-electron chi connectivity index (χ0n) is 9.90. The summed E-state index contributed by atoms with van der Waals surface area (Å²) in [5, 5.41) is 11.5. The highest BCUT2D eigenvalue weighted by molar-refractivity contribution is 6.31. The number of H-pyrrole nitrogens is 1.